The van der Waals surface area contributed by atoms with E-state index in [0.29, 0.717) is 0 Å². The Kier molecular flexibility index (Phi) is 4.04. The average Bonchev–Trinajstić information content (AvgIpc) is 3.20. The summed E-state index contributed by atoms with van der Waals surface area (Å²) in [6.07, 6.45) is 0. The van der Waals surface area contributed by atoms with Gasteiger partial charge in [-0.25, -0.2) is 4.98 Å². The number of rotatable bonds is 3. The summed E-state index contributed by atoms with van der Waals surface area (Å²) in [7, 11) is 0. The summed E-state index contributed by atoms with van der Waals surface area (Å²) < 4.78 is 0. The second-order valence-corrected chi connectivity index (χ2v) is 7.35. The number of para-hydroxylation sites is 1. The second kappa shape index (κ2) is 6.82. The molecule has 2 aromatic heterocycles. The van der Waals surface area contributed by atoms with Crippen LogP contribution in [0.5, 0.6) is 0 Å². The number of aromatic nitrogens is 1. The first kappa shape index (κ1) is 16.0. The van der Waals surface area contributed by atoms with E-state index in [1.165, 1.54) is 32.5 Å². The second-order valence-electron chi connectivity index (χ2n) is 6.47. The van der Waals surface area contributed by atoms with Gasteiger partial charge in [0, 0.05) is 16.5 Å². The van der Waals surface area contributed by atoms with Crippen LogP contribution in [0, 0.1) is 0 Å². The Balaban J connectivity index is 1.76. The van der Waals surface area contributed by atoms with Gasteiger partial charge in [-0.3, -0.25) is 0 Å². The highest BCUT2D eigenvalue weighted by molar-refractivity contribution is 7.14. The highest BCUT2D eigenvalue weighted by atomic mass is 32.1. The van der Waals surface area contributed by atoms with Gasteiger partial charge in [-0.1, -0.05) is 84.9 Å². The number of fused-ring (bicyclic) bond motifs is 1. The number of thiophene rings is 1. The van der Waals surface area contributed by atoms with Crippen LogP contribution in [0.1, 0.15) is 0 Å². The fourth-order valence-corrected chi connectivity index (χ4v) is 4.53. The zero-order valence-corrected chi connectivity index (χ0v) is 15.5. The minimum atomic E-state index is 1.03. The van der Waals surface area contributed by atoms with E-state index in [1.54, 1.807) is 11.3 Å². The lowest BCUT2D eigenvalue weighted by Gasteiger charge is -2.09. The molecule has 0 aliphatic heterocycles. The zero-order chi connectivity index (χ0) is 18.1. The van der Waals surface area contributed by atoms with Crippen molar-refractivity contribution in [3.8, 4) is 32.8 Å². The van der Waals surface area contributed by atoms with Crippen LogP contribution in [0.15, 0.2) is 102 Å². The van der Waals surface area contributed by atoms with Gasteiger partial charge in [-0.2, -0.15) is 0 Å². The van der Waals surface area contributed by atoms with Crippen LogP contribution in [-0.2, 0) is 0 Å². The molecule has 0 fully saturated rings. The normalized spacial score (nSPS) is 11.0. The van der Waals surface area contributed by atoms with Gasteiger partial charge in [-0.15, -0.1) is 11.3 Å². The lowest BCUT2D eigenvalue weighted by molar-refractivity contribution is 1.42. The summed E-state index contributed by atoms with van der Waals surface area (Å²) in [5.74, 6) is 0. The van der Waals surface area contributed by atoms with Crippen molar-refractivity contribution in [2.45, 2.75) is 0 Å². The first-order valence-corrected chi connectivity index (χ1v) is 9.86. The van der Waals surface area contributed by atoms with E-state index in [9.17, 15) is 0 Å². The van der Waals surface area contributed by atoms with E-state index in [0.717, 1.165) is 11.2 Å². The summed E-state index contributed by atoms with van der Waals surface area (Å²) in [6, 6.07) is 33.8. The molecule has 0 aliphatic rings. The summed E-state index contributed by atoms with van der Waals surface area (Å²) in [5.41, 5.74) is 7.04. The van der Waals surface area contributed by atoms with Crippen molar-refractivity contribution in [2.24, 2.45) is 0 Å². The van der Waals surface area contributed by atoms with Crippen LogP contribution in [0.25, 0.3) is 43.7 Å². The predicted octanol–water partition coefficient (Wildman–Crippen LogP) is 7.30. The van der Waals surface area contributed by atoms with Gasteiger partial charge in [0.1, 0.15) is 0 Å². The van der Waals surface area contributed by atoms with E-state index in [1.807, 2.05) is 6.07 Å². The Hall–Kier alpha value is -3.23. The van der Waals surface area contributed by atoms with Gasteiger partial charge in [0.25, 0.3) is 0 Å². The molecule has 5 aromatic rings. The first-order chi connectivity index (χ1) is 13.4. The van der Waals surface area contributed by atoms with E-state index >= 15 is 0 Å². The number of hydrogen-bond acceptors (Lipinski definition) is 2. The van der Waals surface area contributed by atoms with Crippen molar-refractivity contribution in [3.05, 3.63) is 102 Å². The van der Waals surface area contributed by atoms with Crippen molar-refractivity contribution >= 4 is 22.2 Å². The SMILES string of the molecule is c1ccc(-c2csc(-c3ccc4ccccc4n3)c2-c2ccccc2)cc1. The van der Waals surface area contributed by atoms with Gasteiger partial charge in [-0.05, 0) is 28.6 Å². The van der Waals surface area contributed by atoms with Crippen LogP contribution in [0.4, 0.5) is 0 Å². The third-order valence-corrected chi connectivity index (χ3v) is 5.77. The molecule has 0 atom stereocenters. The number of nitrogens with zero attached hydrogens (tertiary/aromatic N) is 1. The van der Waals surface area contributed by atoms with Gasteiger partial charge in [0.15, 0.2) is 0 Å². The Morgan fingerprint density at radius 3 is 2.04 bits per heavy atom. The molecule has 0 radical (unpaired) electrons. The molecule has 0 spiro atoms. The highest BCUT2D eigenvalue weighted by Gasteiger charge is 2.17. The van der Waals surface area contributed by atoms with E-state index in [2.05, 4.69) is 96.4 Å². The summed E-state index contributed by atoms with van der Waals surface area (Å²) in [4.78, 5) is 6.16. The molecule has 0 bridgehead atoms. The lowest BCUT2D eigenvalue weighted by Crippen LogP contribution is -1.87. The molecule has 5 rings (SSSR count). The van der Waals surface area contributed by atoms with Crippen molar-refractivity contribution in [1.82, 2.24) is 4.98 Å². The van der Waals surface area contributed by atoms with E-state index in [4.69, 9.17) is 4.98 Å². The molecule has 0 amide bonds. The Bertz CT molecular complexity index is 1210. The molecule has 27 heavy (non-hydrogen) atoms. The molecule has 0 unspecified atom stereocenters. The van der Waals surface area contributed by atoms with Crippen LogP contribution in [0.3, 0.4) is 0 Å². The topological polar surface area (TPSA) is 12.9 Å². The van der Waals surface area contributed by atoms with Crippen LogP contribution >= 0.6 is 11.3 Å². The van der Waals surface area contributed by atoms with Crippen molar-refractivity contribution in [1.29, 1.82) is 0 Å². The summed E-state index contributed by atoms with van der Waals surface area (Å²) in [5, 5.41) is 3.42. The van der Waals surface area contributed by atoms with Crippen LogP contribution < -0.4 is 0 Å². The van der Waals surface area contributed by atoms with Crippen molar-refractivity contribution in [2.75, 3.05) is 0 Å². The smallest absolute Gasteiger partial charge is 0.0815 e. The quantitative estimate of drug-likeness (QED) is 0.328. The molecule has 2 heteroatoms. The van der Waals surface area contributed by atoms with Gasteiger partial charge in [0.05, 0.1) is 16.1 Å². The summed E-state index contributed by atoms with van der Waals surface area (Å²) >= 11 is 1.76. The monoisotopic (exact) mass is 363 g/mol. The predicted molar refractivity (Wildman–Crippen MR) is 116 cm³/mol. The molecule has 0 N–H and O–H groups in total. The maximum absolute atomic E-state index is 4.95. The third-order valence-electron chi connectivity index (χ3n) is 4.77. The van der Waals surface area contributed by atoms with Gasteiger partial charge >= 0.3 is 0 Å². The molecular formula is C25H17NS. The van der Waals surface area contributed by atoms with Gasteiger partial charge in [0.2, 0.25) is 0 Å². The van der Waals surface area contributed by atoms with Crippen molar-refractivity contribution < 1.29 is 0 Å². The zero-order valence-electron chi connectivity index (χ0n) is 14.7. The van der Waals surface area contributed by atoms with Crippen molar-refractivity contribution in [3.63, 3.8) is 0 Å². The highest BCUT2D eigenvalue weighted by Crippen LogP contribution is 2.44. The largest absolute Gasteiger partial charge is 0.247 e. The minimum absolute atomic E-state index is 1.03. The van der Waals surface area contributed by atoms with Crippen LogP contribution in [0.2, 0.25) is 0 Å². The van der Waals surface area contributed by atoms with Crippen LogP contribution in [-0.4, -0.2) is 4.98 Å². The van der Waals surface area contributed by atoms with E-state index < -0.39 is 0 Å². The molecule has 1 nitrogen and oxygen atoms in total. The molecule has 2 heterocycles. The number of pyridine rings is 1. The molecule has 3 aromatic carbocycles. The standard InChI is InChI=1S/C25H17NS/c1-3-9-18(10-4-1)21-17-27-25(24(21)20-12-5-2-6-13-20)23-16-15-19-11-7-8-14-22(19)26-23/h1-17H. The fourth-order valence-electron chi connectivity index (χ4n) is 3.46. The molecule has 128 valence electrons. The Morgan fingerprint density at radius 2 is 1.26 bits per heavy atom. The van der Waals surface area contributed by atoms with Gasteiger partial charge < -0.3 is 0 Å². The molecule has 0 saturated heterocycles. The fraction of sp³-hybridized carbons (Fsp3) is 0. The first-order valence-electron chi connectivity index (χ1n) is 8.99. The maximum atomic E-state index is 4.95. The molecular weight excluding hydrogens is 346 g/mol. The Labute approximate surface area is 162 Å². The Morgan fingerprint density at radius 1 is 0.593 bits per heavy atom. The third kappa shape index (κ3) is 2.94. The number of benzene rings is 3. The molecule has 0 aliphatic carbocycles. The lowest BCUT2D eigenvalue weighted by atomic mass is 9.96. The summed E-state index contributed by atoms with van der Waals surface area (Å²) in [6.45, 7) is 0. The minimum Gasteiger partial charge on any atom is -0.247 e. The average molecular weight is 363 g/mol. The maximum Gasteiger partial charge on any atom is 0.0815 e. The number of hydrogen-bond donors (Lipinski definition) is 0. The molecule has 0 saturated carbocycles. The van der Waals surface area contributed by atoms with E-state index in [-0.39, 0.29) is 0 Å².